The van der Waals surface area contributed by atoms with Gasteiger partial charge in [-0.25, -0.2) is 0 Å². The lowest BCUT2D eigenvalue weighted by Gasteiger charge is -2.30. The van der Waals surface area contributed by atoms with Gasteiger partial charge in [0.05, 0.1) is 24.9 Å². The number of nitrogens with zero attached hydrogens (tertiary/aromatic N) is 1. The Morgan fingerprint density at radius 2 is 1.94 bits per heavy atom. The van der Waals surface area contributed by atoms with Gasteiger partial charge in [-0.3, -0.25) is 4.90 Å². The third-order valence-electron chi connectivity index (χ3n) is 3.58. The maximum absolute atomic E-state index is 9.77. The van der Waals surface area contributed by atoms with Crippen molar-refractivity contribution in [2.45, 2.75) is 31.2 Å². The minimum atomic E-state index is -0.869. The Labute approximate surface area is 101 Å². The number of hydrogen-bond acceptors (Lipinski definition) is 4. The first-order chi connectivity index (χ1) is 8.15. The van der Waals surface area contributed by atoms with Gasteiger partial charge < -0.3 is 15.3 Å². The number of aliphatic hydroxyl groups is 3. The molecule has 0 spiro atoms. The molecule has 94 valence electrons. The highest BCUT2D eigenvalue weighted by molar-refractivity contribution is 5.19. The van der Waals surface area contributed by atoms with Crippen molar-refractivity contribution in [3.05, 3.63) is 35.9 Å². The van der Waals surface area contributed by atoms with Crippen LogP contribution in [0, 0.1) is 0 Å². The van der Waals surface area contributed by atoms with Crippen LogP contribution in [0.3, 0.4) is 0 Å². The van der Waals surface area contributed by atoms with E-state index in [1.807, 2.05) is 42.2 Å². The van der Waals surface area contributed by atoms with Gasteiger partial charge in [0, 0.05) is 12.6 Å². The van der Waals surface area contributed by atoms with Gasteiger partial charge in [-0.1, -0.05) is 30.3 Å². The van der Waals surface area contributed by atoms with E-state index in [-0.39, 0.29) is 18.7 Å². The first-order valence-corrected chi connectivity index (χ1v) is 5.93. The summed E-state index contributed by atoms with van der Waals surface area (Å²) in [5.41, 5.74) is 1.12. The smallest absolute Gasteiger partial charge is 0.0988 e. The van der Waals surface area contributed by atoms with Crippen molar-refractivity contribution in [2.75, 3.05) is 13.2 Å². The molecule has 1 aliphatic heterocycles. The molecule has 0 unspecified atom stereocenters. The Morgan fingerprint density at radius 1 is 1.29 bits per heavy atom. The van der Waals surface area contributed by atoms with Crippen molar-refractivity contribution in [3.63, 3.8) is 0 Å². The topological polar surface area (TPSA) is 63.9 Å². The number of aliphatic hydroxyl groups excluding tert-OH is 3. The minimum absolute atomic E-state index is 0.0696. The van der Waals surface area contributed by atoms with Crippen LogP contribution in [0.25, 0.3) is 0 Å². The molecule has 0 aliphatic carbocycles. The molecule has 4 heteroatoms. The zero-order chi connectivity index (χ0) is 12.4. The highest BCUT2D eigenvalue weighted by atomic mass is 16.3. The quantitative estimate of drug-likeness (QED) is 0.700. The number of β-amino-alcohol motifs (C(OH)–C–C–N with tert-alkyl or cyclic N) is 1. The van der Waals surface area contributed by atoms with Crippen molar-refractivity contribution >= 4 is 0 Å². The van der Waals surface area contributed by atoms with Gasteiger partial charge in [0.25, 0.3) is 0 Å². The van der Waals surface area contributed by atoms with Crippen LogP contribution in [-0.4, -0.2) is 51.6 Å². The molecule has 17 heavy (non-hydrogen) atoms. The largest absolute Gasteiger partial charge is 0.395 e. The van der Waals surface area contributed by atoms with Gasteiger partial charge in [0.15, 0.2) is 0 Å². The summed E-state index contributed by atoms with van der Waals surface area (Å²) in [4.78, 5) is 1.95. The highest BCUT2D eigenvalue weighted by Gasteiger charge is 2.41. The second-order valence-electron chi connectivity index (χ2n) is 4.59. The maximum atomic E-state index is 9.77. The maximum Gasteiger partial charge on any atom is 0.0988 e. The number of benzene rings is 1. The van der Waals surface area contributed by atoms with Crippen LogP contribution in [0.4, 0.5) is 0 Å². The third-order valence-corrected chi connectivity index (χ3v) is 3.58. The minimum Gasteiger partial charge on any atom is -0.395 e. The van der Waals surface area contributed by atoms with Gasteiger partial charge in [-0.05, 0) is 12.5 Å². The van der Waals surface area contributed by atoms with Crippen molar-refractivity contribution in [3.8, 4) is 0 Å². The van der Waals surface area contributed by atoms with Crippen LogP contribution in [0.1, 0.15) is 18.5 Å². The summed E-state index contributed by atoms with van der Waals surface area (Å²) in [5, 5.41) is 28.7. The fourth-order valence-corrected chi connectivity index (χ4v) is 2.49. The zero-order valence-electron chi connectivity index (χ0n) is 9.90. The molecule has 1 aromatic carbocycles. The molecule has 0 amide bonds. The van der Waals surface area contributed by atoms with Gasteiger partial charge in [-0.2, -0.15) is 0 Å². The molecule has 3 N–H and O–H groups in total. The van der Waals surface area contributed by atoms with Gasteiger partial charge in [0.2, 0.25) is 0 Å². The summed E-state index contributed by atoms with van der Waals surface area (Å²) in [6.07, 6.45) is -1.65. The third kappa shape index (κ3) is 2.35. The molecule has 1 heterocycles. The monoisotopic (exact) mass is 237 g/mol. The molecule has 1 aromatic rings. The van der Waals surface area contributed by atoms with E-state index in [0.717, 1.165) is 5.56 Å². The number of hydrogen-bond donors (Lipinski definition) is 3. The molecule has 0 bridgehead atoms. The van der Waals surface area contributed by atoms with Crippen LogP contribution < -0.4 is 0 Å². The number of rotatable bonds is 3. The Bertz CT molecular complexity index is 357. The van der Waals surface area contributed by atoms with E-state index in [1.54, 1.807) is 0 Å². The average Bonchev–Trinajstić information content (AvgIpc) is 2.65. The molecule has 0 radical (unpaired) electrons. The first kappa shape index (κ1) is 12.5. The number of likely N-dealkylation sites (tertiary alicyclic amines) is 1. The normalized spacial score (nSPS) is 31.6. The zero-order valence-corrected chi connectivity index (χ0v) is 9.90. The summed E-state index contributed by atoms with van der Waals surface area (Å²) in [5.74, 6) is 0. The molecule has 1 fully saturated rings. The van der Waals surface area contributed by atoms with Gasteiger partial charge >= 0.3 is 0 Å². The Kier molecular flexibility index (Phi) is 3.79. The molecule has 4 nitrogen and oxygen atoms in total. The Morgan fingerprint density at radius 3 is 2.53 bits per heavy atom. The van der Waals surface area contributed by atoms with E-state index < -0.39 is 12.2 Å². The molecule has 0 saturated carbocycles. The van der Waals surface area contributed by atoms with E-state index in [1.165, 1.54) is 0 Å². The lowest BCUT2D eigenvalue weighted by molar-refractivity contribution is 0.0178. The first-order valence-electron chi connectivity index (χ1n) is 5.93. The van der Waals surface area contributed by atoms with Gasteiger partial charge in [-0.15, -0.1) is 0 Å². The van der Waals surface area contributed by atoms with Gasteiger partial charge in [0.1, 0.15) is 0 Å². The van der Waals surface area contributed by atoms with E-state index in [9.17, 15) is 15.3 Å². The van der Waals surface area contributed by atoms with Crippen LogP contribution in [-0.2, 0) is 0 Å². The molecule has 4 atom stereocenters. The van der Waals surface area contributed by atoms with E-state index in [0.29, 0.717) is 6.54 Å². The molecule has 1 saturated heterocycles. The van der Waals surface area contributed by atoms with Crippen LogP contribution >= 0.6 is 0 Å². The predicted octanol–water partition coefficient (Wildman–Crippen LogP) is 0.146. The summed E-state index contributed by atoms with van der Waals surface area (Å²) >= 11 is 0. The van der Waals surface area contributed by atoms with E-state index in [4.69, 9.17) is 0 Å². The second kappa shape index (κ2) is 5.14. The Hall–Kier alpha value is -0.940. The van der Waals surface area contributed by atoms with Crippen LogP contribution in [0.5, 0.6) is 0 Å². The van der Waals surface area contributed by atoms with Crippen LogP contribution in [0.2, 0.25) is 0 Å². The summed E-state index contributed by atoms with van der Waals surface area (Å²) < 4.78 is 0. The average molecular weight is 237 g/mol. The Balaban J connectivity index is 2.17. The van der Waals surface area contributed by atoms with Crippen molar-refractivity contribution < 1.29 is 15.3 Å². The summed E-state index contributed by atoms with van der Waals surface area (Å²) in [7, 11) is 0. The molecule has 0 aromatic heterocycles. The van der Waals surface area contributed by atoms with Crippen molar-refractivity contribution in [2.24, 2.45) is 0 Å². The van der Waals surface area contributed by atoms with Crippen molar-refractivity contribution in [1.29, 1.82) is 0 Å². The fraction of sp³-hybridized carbons (Fsp3) is 0.538. The van der Waals surface area contributed by atoms with E-state index >= 15 is 0 Å². The summed E-state index contributed by atoms with van der Waals surface area (Å²) in [6.45, 7) is 2.26. The highest BCUT2D eigenvalue weighted by Crippen LogP contribution is 2.29. The fourth-order valence-electron chi connectivity index (χ4n) is 2.49. The van der Waals surface area contributed by atoms with Crippen LogP contribution in [0.15, 0.2) is 30.3 Å². The molecule has 1 aliphatic rings. The molecular weight excluding hydrogens is 218 g/mol. The van der Waals surface area contributed by atoms with E-state index in [2.05, 4.69) is 0 Å². The lowest BCUT2D eigenvalue weighted by atomic mass is 10.1. The second-order valence-corrected chi connectivity index (χ2v) is 4.59. The van der Waals surface area contributed by atoms with Crippen molar-refractivity contribution in [1.82, 2.24) is 4.90 Å². The molecular formula is C13H19NO3. The standard InChI is InChI=1S/C13H19NO3/c1-9(10-5-3-2-4-6-10)14-7-12(16)13(17)11(14)8-15/h2-6,9,11-13,15-17H,7-8H2,1H3/t9-,11-,12-,13-/m1/s1. The lowest BCUT2D eigenvalue weighted by Crippen LogP contribution is -2.40. The molecule has 2 rings (SSSR count). The SMILES string of the molecule is C[C@H](c1ccccc1)N1C[C@@H](O)[C@H](O)[C@H]1CO. The predicted molar refractivity (Wildman–Crippen MR) is 64.5 cm³/mol. The summed E-state index contributed by atoms with van der Waals surface area (Å²) in [6, 6.07) is 9.57.